The Morgan fingerprint density at radius 2 is 1.68 bits per heavy atom. The van der Waals surface area contributed by atoms with E-state index in [9.17, 15) is 22.0 Å². The van der Waals surface area contributed by atoms with Crippen LogP contribution in [0.1, 0.15) is 0 Å². The van der Waals surface area contributed by atoms with E-state index in [-0.39, 0.29) is 10.6 Å². The van der Waals surface area contributed by atoms with E-state index in [4.69, 9.17) is 5.73 Å². The average molecular weight is 326 g/mol. The topological polar surface area (TPSA) is 80.5 Å². The summed E-state index contributed by atoms with van der Waals surface area (Å²) in [4.78, 5) is 10.9. The Morgan fingerprint density at radius 3 is 2.23 bits per heavy atom. The number of benzene rings is 2. The molecule has 0 saturated carbocycles. The SMILES string of the molecule is NC(=O)CN(c1cccc(F)c1)S(=O)(=O)c1ccc(F)cc1. The number of nitrogens with zero attached hydrogens (tertiary/aromatic N) is 1. The molecule has 0 heterocycles. The number of rotatable bonds is 5. The molecule has 0 aliphatic carbocycles. The number of carbonyl (C=O) groups is 1. The van der Waals surface area contributed by atoms with Gasteiger partial charge in [0.1, 0.15) is 18.2 Å². The summed E-state index contributed by atoms with van der Waals surface area (Å²) >= 11 is 0. The van der Waals surface area contributed by atoms with Crippen molar-refractivity contribution < 1.29 is 22.0 Å². The van der Waals surface area contributed by atoms with Gasteiger partial charge in [-0.25, -0.2) is 17.2 Å². The van der Waals surface area contributed by atoms with Gasteiger partial charge < -0.3 is 5.73 Å². The monoisotopic (exact) mass is 326 g/mol. The number of amides is 1. The van der Waals surface area contributed by atoms with Crippen molar-refractivity contribution in [2.45, 2.75) is 4.90 Å². The first-order valence-corrected chi connectivity index (χ1v) is 7.57. The summed E-state index contributed by atoms with van der Waals surface area (Å²) in [7, 11) is -4.18. The van der Waals surface area contributed by atoms with Gasteiger partial charge in [-0.05, 0) is 42.5 Å². The molecule has 2 rings (SSSR count). The van der Waals surface area contributed by atoms with Crippen molar-refractivity contribution in [1.29, 1.82) is 0 Å². The van der Waals surface area contributed by atoms with Gasteiger partial charge in [-0.15, -0.1) is 0 Å². The highest BCUT2D eigenvalue weighted by Crippen LogP contribution is 2.24. The maximum atomic E-state index is 13.3. The van der Waals surface area contributed by atoms with Crippen LogP contribution in [-0.2, 0) is 14.8 Å². The highest BCUT2D eigenvalue weighted by Gasteiger charge is 2.26. The van der Waals surface area contributed by atoms with E-state index >= 15 is 0 Å². The molecule has 22 heavy (non-hydrogen) atoms. The second-order valence-corrected chi connectivity index (χ2v) is 6.27. The predicted molar refractivity (Wildman–Crippen MR) is 76.5 cm³/mol. The lowest BCUT2D eigenvalue weighted by Crippen LogP contribution is -2.38. The largest absolute Gasteiger partial charge is 0.368 e. The van der Waals surface area contributed by atoms with Crippen LogP contribution < -0.4 is 10.0 Å². The van der Waals surface area contributed by atoms with Crippen LogP contribution in [0, 0.1) is 11.6 Å². The van der Waals surface area contributed by atoms with E-state index in [1.165, 1.54) is 12.1 Å². The van der Waals surface area contributed by atoms with Crippen LogP contribution in [0.15, 0.2) is 53.4 Å². The molecule has 2 aromatic rings. The second-order valence-electron chi connectivity index (χ2n) is 4.41. The number of primary amides is 1. The fraction of sp³-hybridized carbons (Fsp3) is 0.0714. The van der Waals surface area contributed by atoms with Gasteiger partial charge in [-0.3, -0.25) is 9.10 Å². The Kier molecular flexibility index (Phi) is 4.41. The molecule has 116 valence electrons. The van der Waals surface area contributed by atoms with Crippen molar-refractivity contribution in [3.8, 4) is 0 Å². The average Bonchev–Trinajstić information content (AvgIpc) is 2.45. The highest BCUT2D eigenvalue weighted by atomic mass is 32.2. The predicted octanol–water partition coefficient (Wildman–Crippen LogP) is 1.65. The summed E-state index contributed by atoms with van der Waals surface area (Å²) < 4.78 is 52.1. The molecule has 0 aromatic heterocycles. The number of hydrogen-bond donors (Lipinski definition) is 1. The molecular formula is C14H12F2N2O3S. The minimum atomic E-state index is -4.18. The Morgan fingerprint density at radius 1 is 1.05 bits per heavy atom. The molecule has 0 atom stereocenters. The molecular weight excluding hydrogens is 314 g/mol. The first-order valence-electron chi connectivity index (χ1n) is 6.13. The van der Waals surface area contributed by atoms with Crippen LogP contribution in [-0.4, -0.2) is 20.9 Å². The third kappa shape index (κ3) is 3.40. The van der Waals surface area contributed by atoms with E-state index in [1.54, 1.807) is 0 Å². The summed E-state index contributed by atoms with van der Waals surface area (Å²) in [6.45, 7) is -0.664. The van der Waals surface area contributed by atoms with Gasteiger partial charge in [0.2, 0.25) is 5.91 Å². The lowest BCUT2D eigenvalue weighted by molar-refractivity contribution is -0.116. The third-order valence-electron chi connectivity index (χ3n) is 2.80. The summed E-state index contributed by atoms with van der Waals surface area (Å²) in [5.74, 6) is -2.18. The number of halogens is 2. The van der Waals surface area contributed by atoms with Gasteiger partial charge in [0.15, 0.2) is 0 Å². The zero-order chi connectivity index (χ0) is 16.3. The van der Waals surface area contributed by atoms with Gasteiger partial charge >= 0.3 is 0 Å². The minimum Gasteiger partial charge on any atom is -0.368 e. The first-order chi connectivity index (χ1) is 10.3. The Bertz CT molecular complexity index is 792. The second kappa shape index (κ2) is 6.10. The van der Waals surface area contributed by atoms with Gasteiger partial charge in [0, 0.05) is 0 Å². The van der Waals surface area contributed by atoms with E-state index in [2.05, 4.69) is 0 Å². The van der Waals surface area contributed by atoms with Crippen molar-refractivity contribution in [3.05, 3.63) is 60.2 Å². The standard InChI is InChI=1S/C14H12F2N2O3S/c15-10-4-6-13(7-5-10)22(20,21)18(9-14(17)19)12-3-1-2-11(16)8-12/h1-8H,9H2,(H2,17,19). The molecule has 0 radical (unpaired) electrons. The minimum absolute atomic E-state index is 0.0527. The van der Waals surface area contributed by atoms with Gasteiger partial charge in [0.25, 0.3) is 10.0 Å². The maximum absolute atomic E-state index is 13.3. The van der Waals surface area contributed by atoms with E-state index in [0.29, 0.717) is 4.31 Å². The summed E-state index contributed by atoms with van der Waals surface area (Å²) in [5, 5.41) is 0. The molecule has 0 saturated heterocycles. The van der Waals surface area contributed by atoms with Crippen molar-refractivity contribution in [1.82, 2.24) is 0 Å². The van der Waals surface area contributed by atoms with Crippen LogP contribution >= 0.6 is 0 Å². The maximum Gasteiger partial charge on any atom is 0.264 e. The number of sulfonamides is 1. The summed E-state index contributed by atoms with van der Waals surface area (Å²) in [5.41, 5.74) is 5.02. The lowest BCUT2D eigenvalue weighted by atomic mass is 10.3. The molecule has 0 fully saturated rings. The van der Waals surface area contributed by atoms with E-state index in [0.717, 1.165) is 36.4 Å². The van der Waals surface area contributed by atoms with Gasteiger partial charge in [-0.2, -0.15) is 0 Å². The zero-order valence-electron chi connectivity index (χ0n) is 11.2. The quantitative estimate of drug-likeness (QED) is 0.907. The highest BCUT2D eigenvalue weighted by molar-refractivity contribution is 7.92. The Labute approximate surface area is 126 Å². The number of hydrogen-bond acceptors (Lipinski definition) is 3. The molecule has 5 nitrogen and oxygen atoms in total. The van der Waals surface area contributed by atoms with Crippen LogP contribution in [0.25, 0.3) is 0 Å². The molecule has 0 spiro atoms. The van der Waals surface area contributed by atoms with Crippen molar-refractivity contribution in [3.63, 3.8) is 0 Å². The molecule has 2 N–H and O–H groups in total. The zero-order valence-corrected chi connectivity index (χ0v) is 12.1. The molecule has 0 aliphatic heterocycles. The molecule has 2 aromatic carbocycles. The van der Waals surface area contributed by atoms with Crippen LogP contribution in [0.5, 0.6) is 0 Å². The van der Waals surface area contributed by atoms with Crippen molar-refractivity contribution in [2.75, 3.05) is 10.8 Å². The van der Waals surface area contributed by atoms with Crippen molar-refractivity contribution in [2.24, 2.45) is 5.73 Å². The first kappa shape index (κ1) is 15.9. The smallest absolute Gasteiger partial charge is 0.264 e. The van der Waals surface area contributed by atoms with E-state index in [1.807, 2.05) is 0 Å². The normalized spacial score (nSPS) is 11.2. The summed E-state index contributed by atoms with van der Waals surface area (Å²) in [6, 6.07) is 8.78. The third-order valence-corrected chi connectivity index (χ3v) is 4.59. The van der Waals surface area contributed by atoms with Crippen molar-refractivity contribution >= 4 is 21.6 Å². The van der Waals surface area contributed by atoms with Gasteiger partial charge in [0.05, 0.1) is 10.6 Å². The number of nitrogens with two attached hydrogens (primary N) is 1. The number of carbonyl (C=O) groups excluding carboxylic acids is 1. The summed E-state index contributed by atoms with van der Waals surface area (Å²) in [6.07, 6.45) is 0. The number of anilines is 1. The van der Waals surface area contributed by atoms with Crippen LogP contribution in [0.4, 0.5) is 14.5 Å². The van der Waals surface area contributed by atoms with Gasteiger partial charge in [-0.1, -0.05) is 6.07 Å². The lowest BCUT2D eigenvalue weighted by Gasteiger charge is -2.23. The van der Waals surface area contributed by atoms with E-state index < -0.39 is 34.1 Å². The molecule has 0 aliphatic rings. The Hall–Kier alpha value is -2.48. The van der Waals surface area contributed by atoms with Crippen LogP contribution in [0.3, 0.4) is 0 Å². The fourth-order valence-electron chi connectivity index (χ4n) is 1.82. The molecule has 0 bridgehead atoms. The molecule has 0 unspecified atom stereocenters. The molecule has 8 heteroatoms. The molecule has 1 amide bonds. The van der Waals surface area contributed by atoms with Crippen LogP contribution in [0.2, 0.25) is 0 Å². The fourth-order valence-corrected chi connectivity index (χ4v) is 3.24. The Balaban J connectivity index is 2.53.